The number of allylic oxidation sites excluding steroid dienone is 7. The van der Waals surface area contributed by atoms with Gasteiger partial charge in [0.15, 0.2) is 18.9 Å². The van der Waals surface area contributed by atoms with Gasteiger partial charge in [-0.2, -0.15) is 0 Å². The minimum atomic E-state index is -1.98. The van der Waals surface area contributed by atoms with Crippen molar-refractivity contribution < 1.29 is 89.4 Å². The summed E-state index contributed by atoms with van der Waals surface area (Å²) in [4.78, 5) is 13.4. The zero-order valence-electron chi connectivity index (χ0n) is 50.7. The predicted molar refractivity (Wildman–Crippen MR) is 319 cm³/mol. The topological polar surface area (TPSA) is 307 Å². The third-order valence-corrected chi connectivity index (χ3v) is 16.1. The monoisotopic (exact) mass is 1190 g/mol. The number of carbonyl (C=O) groups excluding carboxylic acids is 1. The summed E-state index contributed by atoms with van der Waals surface area (Å²) < 4.78 is 34.3. The van der Waals surface area contributed by atoms with Crippen LogP contribution in [0.3, 0.4) is 0 Å². The second-order valence-electron chi connectivity index (χ2n) is 23.2. The van der Waals surface area contributed by atoms with Crippen molar-refractivity contribution >= 4 is 5.91 Å². The fourth-order valence-corrected chi connectivity index (χ4v) is 10.7. The minimum Gasteiger partial charge on any atom is -0.394 e. The first-order valence-electron chi connectivity index (χ1n) is 32.4. The van der Waals surface area contributed by atoms with Crippen molar-refractivity contribution in [2.75, 3.05) is 26.4 Å². The average Bonchev–Trinajstić information content (AvgIpc) is 3.35. The van der Waals surface area contributed by atoms with Crippen LogP contribution in [0.15, 0.2) is 48.6 Å². The zero-order valence-corrected chi connectivity index (χ0v) is 50.7. The van der Waals surface area contributed by atoms with Crippen LogP contribution in [0.2, 0.25) is 0 Å². The molecular formula is C64H115NO18. The molecule has 0 aromatic rings. The van der Waals surface area contributed by atoms with Crippen LogP contribution in [0.1, 0.15) is 219 Å². The van der Waals surface area contributed by atoms with Crippen molar-refractivity contribution in [1.29, 1.82) is 0 Å². The molecule has 1 amide bonds. The van der Waals surface area contributed by atoms with E-state index in [2.05, 4.69) is 55.6 Å². The Bertz CT molecular complexity index is 1700. The molecule has 3 heterocycles. The quantitative estimate of drug-likeness (QED) is 0.0215. The predicted octanol–water partition coefficient (Wildman–Crippen LogP) is 7.04. The molecule has 0 spiro atoms. The Morgan fingerprint density at radius 3 is 1.20 bits per heavy atom. The van der Waals surface area contributed by atoms with E-state index in [1.165, 1.54) is 128 Å². The Kier molecular flexibility index (Phi) is 42.3. The van der Waals surface area contributed by atoms with Crippen molar-refractivity contribution in [3.05, 3.63) is 48.6 Å². The first-order chi connectivity index (χ1) is 40.3. The number of unbranched alkanes of at least 4 members (excludes halogenated alkanes) is 26. The lowest BCUT2D eigenvalue weighted by atomic mass is 9.96. The standard InChI is InChI=1S/C64H115NO18/c1-3-5-7-9-11-13-15-17-19-21-23-24-25-27-29-31-33-35-37-39-41-48(69)47(65-52(70)42-40-38-36-34-32-30-28-26-22-20-18-16-14-12-10-8-6-4-2)46-78-62-58(76)55(73)60(50(44-67)80-62)83-64-59(77)56(74)61(51(45-68)81-64)82-63-57(75)54(72)53(71)49(43-66)79-63/h20,22,24-25,31,33,39,41,47-51,53-64,66-69,71-77H,3-19,21,23,26-30,32,34-38,40,42-46H2,1-2H3,(H,65,70)/b22-20-,25-24+,33-31+,41-39+. The number of aliphatic hydroxyl groups excluding tert-OH is 11. The second-order valence-corrected chi connectivity index (χ2v) is 23.2. The van der Waals surface area contributed by atoms with Gasteiger partial charge in [0.1, 0.15) is 73.2 Å². The molecular weight excluding hydrogens is 1070 g/mol. The van der Waals surface area contributed by atoms with Crippen molar-refractivity contribution in [3.8, 4) is 0 Å². The number of aliphatic hydroxyl groups is 11. The van der Waals surface area contributed by atoms with E-state index in [0.717, 1.165) is 57.8 Å². The molecule has 3 aliphatic rings. The minimum absolute atomic E-state index is 0.226. The normalized spacial score (nSPS) is 29.7. The Hall–Kier alpha value is -2.25. The molecule has 0 aliphatic carbocycles. The number of carbonyl (C=O) groups is 1. The number of hydrogen-bond donors (Lipinski definition) is 12. The lowest BCUT2D eigenvalue weighted by Crippen LogP contribution is -2.66. The Labute approximate surface area is 497 Å². The second kappa shape index (κ2) is 46.8. The van der Waals surface area contributed by atoms with Gasteiger partial charge in [-0.05, 0) is 70.6 Å². The molecule has 0 aromatic carbocycles. The summed E-state index contributed by atoms with van der Waals surface area (Å²) in [6, 6.07) is -0.999. The number of ether oxygens (including phenoxy) is 6. The molecule has 3 fully saturated rings. The molecule has 19 nitrogen and oxygen atoms in total. The molecule has 0 aromatic heterocycles. The van der Waals surface area contributed by atoms with Crippen LogP contribution in [-0.2, 0) is 33.2 Å². The lowest BCUT2D eigenvalue weighted by molar-refractivity contribution is -0.379. The SMILES string of the molecule is CCCCCCCCC/C=C\CCCCCCCCCC(=O)NC(COC1OC(CO)C(OC2OC(CO)C(OC3OC(CO)C(O)C(O)C3O)C(O)C2O)C(O)C1O)C(O)/C=C/CC/C=C/CC/C=C/CCCCCCCCCCCC. The van der Waals surface area contributed by atoms with E-state index in [1.807, 2.05) is 6.08 Å². The zero-order chi connectivity index (χ0) is 60.5. The van der Waals surface area contributed by atoms with Crippen LogP contribution >= 0.6 is 0 Å². The van der Waals surface area contributed by atoms with E-state index >= 15 is 0 Å². The van der Waals surface area contributed by atoms with Crippen LogP contribution in [0.5, 0.6) is 0 Å². The summed E-state index contributed by atoms with van der Waals surface area (Å²) >= 11 is 0. The van der Waals surface area contributed by atoms with Gasteiger partial charge in [-0.25, -0.2) is 0 Å². The largest absolute Gasteiger partial charge is 0.394 e. The fraction of sp³-hybridized carbons (Fsp3) is 0.859. The maximum absolute atomic E-state index is 13.4. The molecule has 83 heavy (non-hydrogen) atoms. The highest BCUT2D eigenvalue weighted by atomic mass is 16.8. The van der Waals surface area contributed by atoms with E-state index in [0.29, 0.717) is 12.8 Å². The molecule has 0 radical (unpaired) electrons. The molecule has 3 aliphatic heterocycles. The maximum Gasteiger partial charge on any atom is 0.220 e. The maximum atomic E-state index is 13.4. The van der Waals surface area contributed by atoms with Crippen LogP contribution in [-0.4, -0.2) is 193 Å². The first-order valence-corrected chi connectivity index (χ1v) is 32.4. The van der Waals surface area contributed by atoms with E-state index in [1.54, 1.807) is 6.08 Å². The molecule has 3 rings (SSSR count). The number of hydrogen-bond acceptors (Lipinski definition) is 18. The molecule has 17 atom stereocenters. The van der Waals surface area contributed by atoms with Gasteiger partial charge in [-0.15, -0.1) is 0 Å². The summed E-state index contributed by atoms with van der Waals surface area (Å²) in [6.45, 7) is 1.70. The van der Waals surface area contributed by atoms with Gasteiger partial charge in [-0.1, -0.05) is 191 Å². The Balaban J connectivity index is 1.50. The highest BCUT2D eigenvalue weighted by Gasteiger charge is 2.53. The summed E-state index contributed by atoms with van der Waals surface area (Å²) in [5, 5.41) is 120. The highest BCUT2D eigenvalue weighted by molar-refractivity contribution is 5.76. The van der Waals surface area contributed by atoms with E-state index < -0.39 is 124 Å². The summed E-state index contributed by atoms with van der Waals surface area (Å²) in [5.74, 6) is -0.295. The Morgan fingerprint density at radius 1 is 0.422 bits per heavy atom. The van der Waals surface area contributed by atoms with Gasteiger partial charge >= 0.3 is 0 Å². The van der Waals surface area contributed by atoms with Crippen molar-refractivity contribution in [2.45, 2.75) is 324 Å². The Morgan fingerprint density at radius 2 is 0.771 bits per heavy atom. The molecule has 0 bridgehead atoms. The molecule has 3 saturated heterocycles. The molecule has 12 N–H and O–H groups in total. The third-order valence-electron chi connectivity index (χ3n) is 16.1. The van der Waals surface area contributed by atoms with E-state index in [9.17, 15) is 61.0 Å². The fourth-order valence-electron chi connectivity index (χ4n) is 10.7. The summed E-state index contributed by atoms with van der Waals surface area (Å²) in [7, 11) is 0. The molecule has 17 unspecified atom stereocenters. The van der Waals surface area contributed by atoms with E-state index in [-0.39, 0.29) is 18.9 Å². The number of nitrogens with one attached hydrogen (secondary N) is 1. The van der Waals surface area contributed by atoms with Crippen LogP contribution in [0.25, 0.3) is 0 Å². The first kappa shape index (κ1) is 75.0. The van der Waals surface area contributed by atoms with Gasteiger partial charge in [0.2, 0.25) is 5.91 Å². The van der Waals surface area contributed by atoms with Crippen molar-refractivity contribution in [2.24, 2.45) is 0 Å². The average molecular weight is 1190 g/mol. The molecule has 0 saturated carbocycles. The van der Waals surface area contributed by atoms with Gasteiger partial charge < -0.3 is 89.9 Å². The lowest BCUT2D eigenvalue weighted by Gasteiger charge is -2.48. The molecule has 19 heteroatoms. The van der Waals surface area contributed by atoms with Gasteiger partial charge in [0.25, 0.3) is 0 Å². The van der Waals surface area contributed by atoms with Gasteiger partial charge in [0.05, 0.1) is 38.6 Å². The van der Waals surface area contributed by atoms with Gasteiger partial charge in [-0.3, -0.25) is 4.79 Å². The van der Waals surface area contributed by atoms with Crippen LogP contribution in [0, 0.1) is 0 Å². The molecule has 484 valence electrons. The third kappa shape index (κ3) is 30.0. The summed E-state index contributed by atoms with van der Waals surface area (Å²) in [6.07, 6.45) is 26.6. The summed E-state index contributed by atoms with van der Waals surface area (Å²) in [5.41, 5.74) is 0. The van der Waals surface area contributed by atoms with Crippen molar-refractivity contribution in [3.63, 3.8) is 0 Å². The number of rotatable bonds is 48. The van der Waals surface area contributed by atoms with E-state index in [4.69, 9.17) is 28.4 Å². The highest BCUT2D eigenvalue weighted by Crippen LogP contribution is 2.33. The van der Waals surface area contributed by atoms with Gasteiger partial charge in [0, 0.05) is 6.42 Å². The number of amides is 1. The smallest absolute Gasteiger partial charge is 0.220 e. The van der Waals surface area contributed by atoms with Crippen molar-refractivity contribution in [1.82, 2.24) is 5.32 Å². The van der Waals surface area contributed by atoms with Crippen LogP contribution < -0.4 is 5.32 Å². The van der Waals surface area contributed by atoms with Crippen LogP contribution in [0.4, 0.5) is 0 Å².